The van der Waals surface area contributed by atoms with Crippen molar-refractivity contribution in [2.45, 2.75) is 71.1 Å². The molecule has 1 aliphatic heterocycles. The number of halogens is 2. The summed E-state index contributed by atoms with van der Waals surface area (Å²) in [6, 6.07) is 5.26. The topological polar surface area (TPSA) is 108 Å². The quantitative estimate of drug-likeness (QED) is 0.222. The van der Waals surface area contributed by atoms with Gasteiger partial charge in [0, 0.05) is 16.3 Å². The molecule has 0 aliphatic carbocycles. The normalized spacial score (nSPS) is 17.7. The smallest absolute Gasteiger partial charge is 0.424 e. The highest BCUT2D eigenvalue weighted by molar-refractivity contribution is 7.99. The standard InChI is InChI=1S/C26H31ClFN3O6S/c1-24(2,3)36-22(33)31(23(34)37-25(4,5)6)19-13-18(16-12-15(27)8-9-17(16)28)29-30-20(19)38-14-26(7)10-11-35-21(26)32/h8-9,12-13H,10-11,14H2,1-7H3/t26-/m0/s1. The first-order valence-electron chi connectivity index (χ1n) is 11.9. The summed E-state index contributed by atoms with van der Waals surface area (Å²) in [5.74, 6) is -0.750. The monoisotopic (exact) mass is 567 g/mol. The Labute approximate surface area is 230 Å². The molecule has 1 atom stereocenters. The van der Waals surface area contributed by atoms with Crippen molar-refractivity contribution in [3.8, 4) is 11.3 Å². The molecule has 2 heterocycles. The molecule has 9 nitrogen and oxygen atoms in total. The summed E-state index contributed by atoms with van der Waals surface area (Å²) in [7, 11) is 0. The molecule has 2 aromatic rings. The zero-order valence-corrected chi connectivity index (χ0v) is 24.0. The lowest BCUT2D eigenvalue weighted by molar-refractivity contribution is -0.144. The van der Waals surface area contributed by atoms with Crippen LogP contribution in [0.15, 0.2) is 29.3 Å². The molecule has 1 aliphatic rings. The number of rotatable bonds is 5. The zero-order chi connectivity index (χ0) is 28.5. The molecule has 1 aromatic carbocycles. The fourth-order valence-electron chi connectivity index (χ4n) is 3.35. The summed E-state index contributed by atoms with van der Waals surface area (Å²) in [5, 5.41) is 8.74. The first-order chi connectivity index (χ1) is 17.5. The summed E-state index contributed by atoms with van der Waals surface area (Å²) >= 11 is 7.18. The molecule has 0 unspecified atom stereocenters. The number of hydrogen-bond donors (Lipinski definition) is 0. The van der Waals surface area contributed by atoms with Crippen LogP contribution in [0, 0.1) is 11.2 Å². The maximum absolute atomic E-state index is 14.7. The van der Waals surface area contributed by atoms with Crippen LogP contribution in [0.25, 0.3) is 11.3 Å². The number of esters is 1. The minimum atomic E-state index is -1.02. The third-order valence-corrected chi connectivity index (χ3v) is 6.83. The summed E-state index contributed by atoms with van der Waals surface area (Å²) in [5.41, 5.74) is -2.71. The van der Waals surface area contributed by atoms with Gasteiger partial charge in [-0.1, -0.05) is 11.6 Å². The van der Waals surface area contributed by atoms with Gasteiger partial charge in [0.05, 0.1) is 23.4 Å². The van der Waals surface area contributed by atoms with Gasteiger partial charge in [0.25, 0.3) is 0 Å². The van der Waals surface area contributed by atoms with Crippen LogP contribution in [0.5, 0.6) is 0 Å². The van der Waals surface area contributed by atoms with Gasteiger partial charge in [0.2, 0.25) is 0 Å². The van der Waals surface area contributed by atoms with E-state index in [1.165, 1.54) is 24.3 Å². The van der Waals surface area contributed by atoms with Crippen molar-refractivity contribution >= 4 is 47.2 Å². The highest BCUT2D eigenvalue weighted by atomic mass is 35.5. The lowest BCUT2D eigenvalue weighted by Crippen LogP contribution is -2.44. The number of imide groups is 1. The Morgan fingerprint density at radius 3 is 2.24 bits per heavy atom. The maximum atomic E-state index is 14.7. The Kier molecular flexibility index (Phi) is 8.62. The highest BCUT2D eigenvalue weighted by Gasteiger charge is 2.41. The van der Waals surface area contributed by atoms with Gasteiger partial charge in [0.15, 0.2) is 0 Å². The van der Waals surface area contributed by atoms with Crippen LogP contribution in [-0.4, -0.2) is 51.9 Å². The van der Waals surface area contributed by atoms with E-state index in [-0.39, 0.29) is 38.7 Å². The van der Waals surface area contributed by atoms with E-state index in [4.69, 9.17) is 25.8 Å². The average Bonchev–Trinajstić information content (AvgIpc) is 3.10. The van der Waals surface area contributed by atoms with Crippen molar-refractivity contribution in [2.24, 2.45) is 5.41 Å². The Bertz CT molecular complexity index is 1220. The Morgan fingerprint density at radius 1 is 1.11 bits per heavy atom. The highest BCUT2D eigenvalue weighted by Crippen LogP contribution is 2.40. The Morgan fingerprint density at radius 2 is 1.71 bits per heavy atom. The fraction of sp³-hybridized carbons (Fsp3) is 0.500. The van der Waals surface area contributed by atoms with Gasteiger partial charge in [-0.05, 0) is 79.2 Å². The summed E-state index contributed by atoms with van der Waals surface area (Å²) in [6.45, 7) is 12.0. The van der Waals surface area contributed by atoms with E-state index >= 15 is 0 Å². The minimum absolute atomic E-state index is 0.0162. The van der Waals surface area contributed by atoms with Crippen LogP contribution in [-0.2, 0) is 19.0 Å². The molecular weight excluding hydrogens is 537 g/mol. The molecule has 38 heavy (non-hydrogen) atoms. The molecule has 0 N–H and O–H groups in total. The lowest BCUT2D eigenvalue weighted by atomic mass is 9.92. The van der Waals surface area contributed by atoms with Crippen LogP contribution in [0.2, 0.25) is 5.02 Å². The van der Waals surface area contributed by atoms with Crippen LogP contribution < -0.4 is 4.90 Å². The summed E-state index contributed by atoms with van der Waals surface area (Å²) in [6.07, 6.45) is -1.55. The number of benzene rings is 1. The number of hydrogen-bond acceptors (Lipinski definition) is 9. The number of carbonyl (C=O) groups excluding carboxylic acids is 3. The third kappa shape index (κ3) is 7.35. The molecule has 1 saturated heterocycles. The SMILES string of the molecule is CC(C)(C)OC(=O)N(C(=O)OC(C)(C)C)c1cc(-c2cc(Cl)ccc2F)nnc1SC[C@]1(C)CCOC1=O. The van der Waals surface area contributed by atoms with E-state index in [1.54, 1.807) is 48.5 Å². The molecule has 3 rings (SSSR count). The minimum Gasteiger partial charge on any atom is -0.465 e. The molecule has 206 valence electrons. The van der Waals surface area contributed by atoms with E-state index in [0.29, 0.717) is 17.9 Å². The number of anilines is 1. The second-order valence-electron chi connectivity index (χ2n) is 11.1. The van der Waals surface area contributed by atoms with Crippen molar-refractivity contribution < 1.29 is 33.0 Å². The van der Waals surface area contributed by atoms with Crippen molar-refractivity contribution in [2.75, 3.05) is 17.3 Å². The number of thioether (sulfide) groups is 1. The molecule has 0 bridgehead atoms. The van der Waals surface area contributed by atoms with E-state index < -0.39 is 34.6 Å². The van der Waals surface area contributed by atoms with Crippen LogP contribution >= 0.6 is 23.4 Å². The third-order valence-electron chi connectivity index (χ3n) is 5.25. The zero-order valence-electron chi connectivity index (χ0n) is 22.4. The maximum Gasteiger partial charge on any atom is 0.424 e. The van der Waals surface area contributed by atoms with E-state index in [0.717, 1.165) is 11.8 Å². The summed E-state index contributed by atoms with van der Waals surface area (Å²) < 4.78 is 30.9. The van der Waals surface area contributed by atoms with Crippen LogP contribution in [0.4, 0.5) is 19.7 Å². The number of ether oxygens (including phenoxy) is 3. The fourth-order valence-corrected chi connectivity index (χ4v) is 4.64. The molecular formula is C26H31ClFN3O6S. The largest absolute Gasteiger partial charge is 0.465 e. The molecule has 1 fully saturated rings. The Balaban J connectivity index is 2.16. The van der Waals surface area contributed by atoms with Crippen molar-refractivity contribution in [3.63, 3.8) is 0 Å². The van der Waals surface area contributed by atoms with Gasteiger partial charge in [-0.15, -0.1) is 22.0 Å². The average molecular weight is 568 g/mol. The molecule has 0 saturated carbocycles. The van der Waals surface area contributed by atoms with Gasteiger partial charge < -0.3 is 14.2 Å². The van der Waals surface area contributed by atoms with Gasteiger partial charge in [0.1, 0.15) is 22.0 Å². The lowest BCUT2D eigenvalue weighted by Gasteiger charge is -2.29. The molecule has 1 aromatic heterocycles. The second-order valence-corrected chi connectivity index (χ2v) is 12.5. The van der Waals surface area contributed by atoms with E-state index in [1.807, 2.05) is 0 Å². The first-order valence-corrected chi connectivity index (χ1v) is 13.2. The van der Waals surface area contributed by atoms with Crippen molar-refractivity contribution in [1.82, 2.24) is 10.2 Å². The van der Waals surface area contributed by atoms with E-state index in [9.17, 15) is 18.8 Å². The molecule has 2 amide bonds. The van der Waals surface area contributed by atoms with Crippen LogP contribution in [0.1, 0.15) is 54.9 Å². The predicted octanol–water partition coefficient (Wildman–Crippen LogP) is 6.66. The first kappa shape index (κ1) is 29.6. The van der Waals surface area contributed by atoms with Crippen LogP contribution in [0.3, 0.4) is 0 Å². The van der Waals surface area contributed by atoms with Crippen molar-refractivity contribution in [3.05, 3.63) is 35.1 Å². The molecule has 0 spiro atoms. The predicted molar refractivity (Wildman–Crippen MR) is 142 cm³/mol. The number of amides is 2. The van der Waals surface area contributed by atoms with Gasteiger partial charge in [-0.25, -0.2) is 14.0 Å². The number of cyclic esters (lactones) is 1. The number of nitrogens with zero attached hydrogens (tertiary/aromatic N) is 3. The van der Waals surface area contributed by atoms with Gasteiger partial charge in [-0.2, -0.15) is 4.90 Å². The van der Waals surface area contributed by atoms with E-state index in [2.05, 4.69) is 10.2 Å². The van der Waals surface area contributed by atoms with Gasteiger partial charge in [-0.3, -0.25) is 4.79 Å². The van der Waals surface area contributed by atoms with Gasteiger partial charge >= 0.3 is 18.2 Å². The molecule has 0 radical (unpaired) electrons. The number of aromatic nitrogens is 2. The molecule has 12 heteroatoms. The summed E-state index contributed by atoms with van der Waals surface area (Å²) in [4.78, 5) is 39.7. The number of carbonyl (C=O) groups is 3. The van der Waals surface area contributed by atoms with Crippen molar-refractivity contribution in [1.29, 1.82) is 0 Å². The Hall–Kier alpha value is -2.92. The second kappa shape index (κ2) is 11.1.